The van der Waals surface area contributed by atoms with Crippen molar-refractivity contribution in [1.82, 2.24) is 4.90 Å². The lowest BCUT2D eigenvalue weighted by Crippen LogP contribution is -2.51. The lowest BCUT2D eigenvalue weighted by molar-refractivity contribution is -0.155. The minimum atomic E-state index is -0.336. The summed E-state index contributed by atoms with van der Waals surface area (Å²) in [6, 6.07) is 0.577. The first-order chi connectivity index (χ1) is 32.4. The molecule has 4 fully saturated rings. The Morgan fingerprint density at radius 2 is 1.52 bits per heavy atom. The number of carbonyl (C=O) groups excluding carboxylic acids is 2. The highest BCUT2D eigenvalue weighted by molar-refractivity contribution is 5.77. The molecule has 1 saturated heterocycles. The van der Waals surface area contributed by atoms with Crippen LogP contribution in [0.2, 0.25) is 0 Å². The van der Waals surface area contributed by atoms with Crippen molar-refractivity contribution in [3.05, 3.63) is 36.0 Å². The number of allylic oxidation sites excluding steroid dienone is 5. The number of hydrogen-bond donors (Lipinski definition) is 0. The maximum absolute atomic E-state index is 13.0. The van der Waals surface area contributed by atoms with E-state index >= 15 is 0 Å². The number of hydrogen-bond acceptors (Lipinski definition) is 7. The highest BCUT2D eigenvalue weighted by atomic mass is 16.6. The fraction of sp³-hybridized carbons (Fsp3) is 0.867. The van der Waals surface area contributed by atoms with Crippen LogP contribution in [0.3, 0.4) is 0 Å². The largest absolute Gasteiger partial charge is 0.466 e. The second-order valence-corrected chi connectivity index (χ2v) is 23.4. The molecule has 0 radical (unpaired) electrons. The van der Waals surface area contributed by atoms with Crippen LogP contribution in [-0.2, 0) is 28.5 Å². The zero-order valence-corrected chi connectivity index (χ0v) is 44.5. The molecule has 0 bridgehead atoms. The van der Waals surface area contributed by atoms with Gasteiger partial charge in [0.05, 0.1) is 38.8 Å². The summed E-state index contributed by atoms with van der Waals surface area (Å²) < 4.78 is 24.1. The third kappa shape index (κ3) is 18.0. The average molecular weight is 934 g/mol. The summed E-state index contributed by atoms with van der Waals surface area (Å²) in [6.07, 6.45) is 43.8. The smallest absolute Gasteiger partial charge is 0.306 e. The van der Waals surface area contributed by atoms with Gasteiger partial charge >= 0.3 is 11.9 Å². The lowest BCUT2D eigenvalue weighted by atomic mass is 9.47. The van der Waals surface area contributed by atoms with Crippen LogP contribution in [0, 0.1) is 46.3 Å². The van der Waals surface area contributed by atoms with E-state index in [-0.39, 0.29) is 42.4 Å². The van der Waals surface area contributed by atoms with E-state index in [1.54, 1.807) is 0 Å². The van der Waals surface area contributed by atoms with Gasteiger partial charge in [-0.3, -0.25) is 14.5 Å². The van der Waals surface area contributed by atoms with Gasteiger partial charge in [-0.2, -0.15) is 0 Å². The monoisotopic (exact) mass is 934 g/mol. The van der Waals surface area contributed by atoms with Gasteiger partial charge in [0.1, 0.15) is 6.10 Å². The molecule has 6 unspecified atom stereocenters. The van der Waals surface area contributed by atoms with Gasteiger partial charge < -0.3 is 18.9 Å². The van der Waals surface area contributed by atoms with Gasteiger partial charge in [0.15, 0.2) is 0 Å². The SMILES string of the molecule is CCCCC/C=C\C/C=C\CCCCCCCCOC[C@@H](CN1CCCC1C)OCCCOC(=O)CCC(=O)OC1CC[C@@]2(C)C(=CCC3C4CC[C@H]([C@H](C)CCCC(C)C)C4(C)CCC32)C1. The van der Waals surface area contributed by atoms with E-state index in [4.69, 9.17) is 18.9 Å². The number of ether oxygens (including phenoxy) is 4. The Morgan fingerprint density at radius 3 is 2.27 bits per heavy atom. The van der Waals surface area contributed by atoms with Crippen molar-refractivity contribution in [3.63, 3.8) is 0 Å². The topological polar surface area (TPSA) is 74.3 Å². The molecule has 0 N–H and O–H groups in total. The number of nitrogens with zero attached hydrogens (tertiary/aromatic N) is 1. The first kappa shape index (κ1) is 56.0. The molecule has 0 amide bonds. The summed E-state index contributed by atoms with van der Waals surface area (Å²) in [7, 11) is 0. The molecular formula is C60H103NO6. The first-order valence-corrected chi connectivity index (χ1v) is 28.7. The molecule has 0 aromatic rings. The van der Waals surface area contributed by atoms with Crippen LogP contribution in [0.15, 0.2) is 36.0 Å². The Bertz CT molecular complexity index is 1500. The minimum Gasteiger partial charge on any atom is -0.466 e. The van der Waals surface area contributed by atoms with E-state index in [2.05, 4.69) is 83.7 Å². The molecule has 384 valence electrons. The predicted octanol–water partition coefficient (Wildman–Crippen LogP) is 15.4. The number of carbonyl (C=O) groups is 2. The highest BCUT2D eigenvalue weighted by Gasteiger charge is 2.59. The fourth-order valence-electron chi connectivity index (χ4n) is 13.9. The average Bonchev–Trinajstić information content (AvgIpc) is 3.88. The number of esters is 2. The predicted molar refractivity (Wildman–Crippen MR) is 278 cm³/mol. The van der Waals surface area contributed by atoms with E-state index in [1.807, 2.05) is 0 Å². The Hall–Kier alpha value is -1.96. The molecule has 0 aromatic heterocycles. The van der Waals surface area contributed by atoms with Crippen LogP contribution in [0.25, 0.3) is 0 Å². The van der Waals surface area contributed by atoms with Gasteiger partial charge in [0.2, 0.25) is 0 Å². The third-order valence-corrected chi connectivity index (χ3v) is 17.9. The van der Waals surface area contributed by atoms with Crippen molar-refractivity contribution in [2.45, 2.75) is 246 Å². The Labute approximate surface area is 412 Å². The molecule has 10 atom stereocenters. The molecule has 0 spiro atoms. The maximum Gasteiger partial charge on any atom is 0.306 e. The molecule has 7 heteroatoms. The molecule has 4 aliphatic carbocycles. The Kier molecular flexibility index (Phi) is 25.1. The molecule has 3 saturated carbocycles. The second-order valence-electron chi connectivity index (χ2n) is 23.4. The first-order valence-electron chi connectivity index (χ1n) is 28.7. The van der Waals surface area contributed by atoms with Crippen molar-refractivity contribution in [1.29, 1.82) is 0 Å². The molecule has 5 rings (SSSR count). The summed E-state index contributed by atoms with van der Waals surface area (Å²) in [4.78, 5) is 28.2. The maximum atomic E-state index is 13.0. The zero-order chi connectivity index (χ0) is 47.9. The summed E-state index contributed by atoms with van der Waals surface area (Å²) in [5.74, 6) is 4.31. The highest BCUT2D eigenvalue weighted by Crippen LogP contribution is 2.67. The zero-order valence-electron chi connectivity index (χ0n) is 44.5. The van der Waals surface area contributed by atoms with Gasteiger partial charge in [-0.25, -0.2) is 0 Å². The van der Waals surface area contributed by atoms with Crippen molar-refractivity contribution in [2.75, 3.05) is 39.5 Å². The Balaban J connectivity index is 0.911. The summed E-state index contributed by atoms with van der Waals surface area (Å²) in [5, 5.41) is 0. The van der Waals surface area contributed by atoms with Crippen LogP contribution >= 0.6 is 0 Å². The summed E-state index contributed by atoms with van der Waals surface area (Å²) >= 11 is 0. The van der Waals surface area contributed by atoms with Gasteiger partial charge in [-0.1, -0.05) is 135 Å². The molecule has 0 aromatic carbocycles. The number of likely N-dealkylation sites (tertiary alicyclic amines) is 1. The second kappa shape index (κ2) is 30.0. The number of fused-ring (bicyclic) bond motifs is 5. The van der Waals surface area contributed by atoms with Crippen molar-refractivity contribution < 1.29 is 28.5 Å². The van der Waals surface area contributed by atoms with Crippen LogP contribution in [0.4, 0.5) is 0 Å². The summed E-state index contributed by atoms with van der Waals surface area (Å²) in [5.41, 5.74) is 2.26. The van der Waals surface area contributed by atoms with E-state index < -0.39 is 0 Å². The minimum absolute atomic E-state index is 0.00987. The van der Waals surface area contributed by atoms with Gasteiger partial charge in [-0.15, -0.1) is 0 Å². The van der Waals surface area contributed by atoms with E-state index in [1.165, 1.54) is 134 Å². The molecular weight excluding hydrogens is 831 g/mol. The molecule has 7 nitrogen and oxygen atoms in total. The van der Waals surface area contributed by atoms with E-state index in [0.29, 0.717) is 37.7 Å². The Morgan fingerprint density at radius 1 is 0.776 bits per heavy atom. The molecule has 5 aliphatic rings. The lowest BCUT2D eigenvalue weighted by Gasteiger charge is -2.58. The number of unbranched alkanes of at least 4 members (excludes halogenated alkanes) is 9. The van der Waals surface area contributed by atoms with Crippen molar-refractivity contribution >= 4 is 11.9 Å². The van der Waals surface area contributed by atoms with Crippen molar-refractivity contribution in [3.8, 4) is 0 Å². The molecule has 1 aliphatic heterocycles. The molecule has 67 heavy (non-hydrogen) atoms. The summed E-state index contributed by atoms with van der Waals surface area (Å²) in [6.45, 7) is 21.3. The van der Waals surface area contributed by atoms with Crippen LogP contribution in [0.1, 0.15) is 228 Å². The number of rotatable bonds is 33. The third-order valence-electron chi connectivity index (χ3n) is 17.9. The van der Waals surface area contributed by atoms with Crippen LogP contribution in [-0.4, -0.2) is 74.6 Å². The van der Waals surface area contributed by atoms with Gasteiger partial charge in [-0.05, 0) is 156 Å². The van der Waals surface area contributed by atoms with Crippen LogP contribution < -0.4 is 0 Å². The quantitative estimate of drug-likeness (QED) is 0.0369. The van der Waals surface area contributed by atoms with E-state index in [0.717, 1.165) is 87.3 Å². The van der Waals surface area contributed by atoms with Gasteiger partial charge in [0.25, 0.3) is 0 Å². The van der Waals surface area contributed by atoms with Crippen LogP contribution in [0.5, 0.6) is 0 Å². The normalized spacial score (nSPS) is 29.5. The van der Waals surface area contributed by atoms with Gasteiger partial charge in [0, 0.05) is 32.0 Å². The van der Waals surface area contributed by atoms with E-state index in [9.17, 15) is 9.59 Å². The fourth-order valence-corrected chi connectivity index (χ4v) is 13.9. The molecule has 1 heterocycles. The standard InChI is InChI=1S/C60H103NO6/c1-8-9-10-11-12-13-14-15-16-17-18-19-20-21-22-23-41-64-46-52(45-61-40-25-29-49(61)5)65-42-26-43-66-57(62)34-35-58(63)67-51-36-38-59(6)50(44-51)30-31-53-55-33-32-54(48(4)28-24-27-47(2)3)60(55,7)39-37-56(53)59/h12-13,15-16,30,47-49,51-56H,8-11,14,17-29,31-46H2,1-7H3/b13-12-,16-15-/t48-,49?,51?,52-,53?,54-,55?,56?,59+,60?/m1/s1. The van der Waals surface area contributed by atoms with Crippen molar-refractivity contribution in [2.24, 2.45) is 46.3 Å².